The molecule has 0 unspecified atom stereocenters. The van der Waals surface area contributed by atoms with Crippen molar-refractivity contribution in [2.45, 2.75) is 20.4 Å². The summed E-state index contributed by atoms with van der Waals surface area (Å²) >= 11 is 7.40. The number of carbonyl (C=O) groups excluding carboxylic acids is 1. The number of carbonyl (C=O) groups is 1. The van der Waals surface area contributed by atoms with Crippen molar-refractivity contribution in [2.24, 2.45) is 0 Å². The van der Waals surface area contributed by atoms with E-state index in [9.17, 15) is 26.4 Å². The van der Waals surface area contributed by atoms with Crippen LogP contribution in [0.2, 0.25) is 5.02 Å². The molecule has 0 aliphatic carbocycles. The van der Waals surface area contributed by atoms with Gasteiger partial charge in [-0.15, -0.1) is 11.3 Å². The summed E-state index contributed by atoms with van der Waals surface area (Å²) in [5.41, 5.74) is 4.22. The van der Waals surface area contributed by atoms with Crippen LogP contribution in [0.4, 0.5) is 24.7 Å². The van der Waals surface area contributed by atoms with Gasteiger partial charge in [0.05, 0.1) is 23.2 Å². The Labute approximate surface area is 187 Å². The summed E-state index contributed by atoms with van der Waals surface area (Å²) in [6, 6.07) is 5.96. The second-order valence-electron chi connectivity index (χ2n) is 5.86. The van der Waals surface area contributed by atoms with Crippen molar-refractivity contribution in [1.82, 2.24) is 9.97 Å². The molecule has 1 amide bonds. The van der Waals surface area contributed by atoms with Gasteiger partial charge in [0.15, 0.2) is 5.16 Å². The number of rotatable bonds is 6. The van der Waals surface area contributed by atoms with Gasteiger partial charge in [-0.2, -0.15) is 13.2 Å². The number of anilines is 2. The first-order valence-corrected chi connectivity index (χ1v) is 11.9. The number of halogens is 4. The molecule has 3 rings (SSSR count). The molecule has 3 aromatic rings. The number of nitrogens with two attached hydrogens (primary N) is 1. The first kappa shape index (κ1) is 23.3. The summed E-state index contributed by atoms with van der Waals surface area (Å²) in [4.78, 5) is 19.6. The predicted octanol–water partition coefficient (Wildman–Crippen LogP) is 4.36. The lowest BCUT2D eigenvalue weighted by atomic mass is 10.1. The van der Waals surface area contributed by atoms with Gasteiger partial charge in [-0.1, -0.05) is 29.4 Å². The van der Waals surface area contributed by atoms with Crippen molar-refractivity contribution in [3.63, 3.8) is 0 Å². The van der Waals surface area contributed by atoms with E-state index in [1.165, 1.54) is 12.1 Å². The summed E-state index contributed by atoms with van der Waals surface area (Å²) in [5.74, 6) is -1.39. The quantitative estimate of drug-likeness (QED) is 0.375. The minimum atomic E-state index is -4.71. The first-order chi connectivity index (χ1) is 14.5. The van der Waals surface area contributed by atoms with Gasteiger partial charge in [0.1, 0.15) is 14.9 Å². The smallest absolute Gasteiger partial charge is 0.382 e. The second-order valence-corrected chi connectivity index (χ2v) is 10.3. The molecule has 0 radical (unpaired) electrons. The zero-order chi connectivity index (χ0) is 22.8. The van der Waals surface area contributed by atoms with E-state index >= 15 is 0 Å². The van der Waals surface area contributed by atoms with E-state index in [-0.39, 0.29) is 30.9 Å². The van der Waals surface area contributed by atoms with E-state index in [2.05, 4.69) is 15.3 Å². The van der Waals surface area contributed by atoms with E-state index in [4.69, 9.17) is 17.3 Å². The number of thiophene rings is 1. The highest BCUT2D eigenvalue weighted by Gasteiger charge is 2.34. The molecule has 3 N–H and O–H groups in total. The van der Waals surface area contributed by atoms with Crippen molar-refractivity contribution in [3.05, 3.63) is 52.5 Å². The lowest BCUT2D eigenvalue weighted by Gasteiger charge is -2.14. The minimum Gasteiger partial charge on any atom is -0.382 e. The maximum absolute atomic E-state index is 13.1. The highest BCUT2D eigenvalue weighted by atomic mass is 35.5. The molecule has 0 fully saturated rings. The molecule has 0 atom stereocenters. The van der Waals surface area contributed by atoms with Crippen LogP contribution in [0.15, 0.2) is 56.2 Å². The summed E-state index contributed by atoms with van der Waals surface area (Å²) in [6.07, 6.45) is -3.68. The Kier molecular flexibility index (Phi) is 6.79. The Hall–Kier alpha value is -2.35. The van der Waals surface area contributed by atoms with Crippen molar-refractivity contribution >= 4 is 61.9 Å². The topological polar surface area (TPSA) is 115 Å². The predicted molar refractivity (Wildman–Crippen MR) is 112 cm³/mol. The van der Waals surface area contributed by atoms with Gasteiger partial charge in [0.2, 0.25) is 15.7 Å². The fourth-order valence-corrected chi connectivity index (χ4v) is 5.52. The molecule has 0 aliphatic rings. The summed E-state index contributed by atoms with van der Waals surface area (Å²) in [5, 5.41) is 3.63. The van der Waals surface area contributed by atoms with Crippen molar-refractivity contribution in [1.29, 1.82) is 0 Å². The number of hydrogen-bond acceptors (Lipinski definition) is 8. The Morgan fingerprint density at radius 1 is 1.29 bits per heavy atom. The molecule has 1 aromatic carbocycles. The van der Waals surface area contributed by atoms with Gasteiger partial charge in [-0.25, -0.2) is 18.4 Å². The van der Waals surface area contributed by atoms with Crippen LogP contribution >= 0.6 is 34.7 Å². The van der Waals surface area contributed by atoms with E-state index in [1.807, 2.05) is 0 Å². The zero-order valence-corrected chi connectivity index (χ0v) is 18.4. The number of alkyl halides is 3. The van der Waals surface area contributed by atoms with E-state index in [0.29, 0.717) is 6.07 Å². The third kappa shape index (κ3) is 5.47. The average molecular weight is 509 g/mol. The number of sulfone groups is 1. The van der Waals surface area contributed by atoms with Gasteiger partial charge in [0, 0.05) is 5.02 Å². The SMILES string of the molecule is Nc1nc(SCC(=O)Nc2ccc(Cl)cc2C(F)(F)F)ncc1S(=O)(=O)c1cccs1. The van der Waals surface area contributed by atoms with Crippen molar-refractivity contribution in [3.8, 4) is 0 Å². The monoisotopic (exact) mass is 508 g/mol. The second kappa shape index (κ2) is 9.02. The largest absolute Gasteiger partial charge is 0.418 e. The van der Waals surface area contributed by atoms with Crippen LogP contribution in [0, 0.1) is 0 Å². The highest BCUT2D eigenvalue weighted by molar-refractivity contribution is 7.99. The molecule has 164 valence electrons. The molecule has 0 saturated carbocycles. The van der Waals surface area contributed by atoms with Gasteiger partial charge < -0.3 is 11.1 Å². The van der Waals surface area contributed by atoms with Crippen LogP contribution in [-0.2, 0) is 20.8 Å². The lowest BCUT2D eigenvalue weighted by Crippen LogP contribution is -2.18. The van der Waals surface area contributed by atoms with Crippen LogP contribution in [0.5, 0.6) is 0 Å². The molecule has 0 spiro atoms. The van der Waals surface area contributed by atoms with Gasteiger partial charge in [-0.05, 0) is 29.6 Å². The van der Waals surface area contributed by atoms with Gasteiger partial charge >= 0.3 is 6.18 Å². The molecule has 0 bridgehead atoms. The normalized spacial score (nSPS) is 12.0. The molecule has 2 aromatic heterocycles. The van der Waals surface area contributed by atoms with E-state index in [1.54, 1.807) is 11.4 Å². The molecule has 0 saturated heterocycles. The van der Waals surface area contributed by atoms with Crippen LogP contribution < -0.4 is 11.1 Å². The fourth-order valence-electron chi connectivity index (χ4n) is 2.34. The average Bonchev–Trinajstić information content (AvgIpc) is 3.22. The van der Waals surface area contributed by atoms with Crippen LogP contribution in [-0.4, -0.2) is 30.0 Å². The molecule has 2 heterocycles. The Morgan fingerprint density at radius 2 is 2.03 bits per heavy atom. The number of thioether (sulfide) groups is 1. The highest BCUT2D eigenvalue weighted by Crippen LogP contribution is 2.36. The molecular formula is C17H12ClF3N4O3S3. The Bertz CT molecular complexity index is 1220. The van der Waals surface area contributed by atoms with Crippen LogP contribution in [0.25, 0.3) is 0 Å². The lowest BCUT2D eigenvalue weighted by molar-refractivity contribution is -0.137. The van der Waals surface area contributed by atoms with E-state index < -0.39 is 33.2 Å². The third-order valence-electron chi connectivity index (χ3n) is 3.70. The molecule has 0 aliphatic heterocycles. The Morgan fingerprint density at radius 3 is 2.65 bits per heavy atom. The minimum absolute atomic E-state index is 0.00932. The van der Waals surface area contributed by atoms with Crippen LogP contribution in [0.3, 0.4) is 0 Å². The number of aromatic nitrogens is 2. The van der Waals surface area contributed by atoms with Gasteiger partial charge in [0.25, 0.3) is 0 Å². The van der Waals surface area contributed by atoms with E-state index in [0.717, 1.165) is 35.4 Å². The zero-order valence-electron chi connectivity index (χ0n) is 15.2. The van der Waals surface area contributed by atoms with Gasteiger partial charge in [-0.3, -0.25) is 4.79 Å². The summed E-state index contributed by atoms with van der Waals surface area (Å²) in [7, 11) is -3.87. The van der Waals surface area contributed by atoms with Crippen molar-refractivity contribution in [2.75, 3.05) is 16.8 Å². The van der Waals surface area contributed by atoms with Crippen LogP contribution in [0.1, 0.15) is 5.56 Å². The summed E-state index contributed by atoms with van der Waals surface area (Å²) in [6.45, 7) is 0. The third-order valence-corrected chi connectivity index (χ3v) is 7.97. The molecular weight excluding hydrogens is 497 g/mol. The fraction of sp³-hybridized carbons (Fsp3) is 0.118. The van der Waals surface area contributed by atoms with Crippen molar-refractivity contribution < 1.29 is 26.4 Å². The molecule has 31 heavy (non-hydrogen) atoms. The summed E-state index contributed by atoms with van der Waals surface area (Å²) < 4.78 is 64.4. The number of nitrogens with one attached hydrogen (secondary N) is 1. The number of hydrogen-bond donors (Lipinski definition) is 2. The number of nitrogen functional groups attached to an aromatic ring is 1. The molecule has 7 nitrogen and oxygen atoms in total. The maximum atomic E-state index is 13.1. The molecule has 14 heteroatoms. The maximum Gasteiger partial charge on any atom is 0.418 e. The first-order valence-electron chi connectivity index (χ1n) is 8.19. The number of amides is 1. The standard InChI is InChI=1S/C17H12ClF3N4O3S3/c18-9-3-4-11(10(6-9)17(19,20)21)24-13(26)8-30-16-23-7-12(15(22)25-16)31(27,28)14-2-1-5-29-14/h1-7H,8H2,(H,24,26)(H2,22,23,25). The number of nitrogens with zero attached hydrogens (tertiary/aromatic N) is 2. The Balaban J connectivity index is 1.70. The number of benzene rings is 1.